The number of nitrogens with zero attached hydrogens (tertiary/aromatic N) is 1. The van der Waals surface area contributed by atoms with Gasteiger partial charge in [-0.2, -0.15) is 0 Å². The van der Waals surface area contributed by atoms with E-state index >= 15 is 0 Å². The number of aldehydes is 1. The molecule has 1 aliphatic rings. The number of aromatic nitrogens is 1. The molecule has 1 fully saturated rings. The molecular formula is C18H19FN2O3. The molecule has 3 rings (SSSR count). The van der Waals surface area contributed by atoms with Crippen molar-refractivity contribution in [3.05, 3.63) is 58.3 Å². The van der Waals surface area contributed by atoms with Crippen LogP contribution in [0.1, 0.15) is 23.2 Å². The molecule has 1 aromatic carbocycles. The Morgan fingerprint density at radius 3 is 2.50 bits per heavy atom. The van der Waals surface area contributed by atoms with Crippen LogP contribution in [0.4, 0.5) is 4.39 Å². The summed E-state index contributed by atoms with van der Waals surface area (Å²) in [5.74, 6) is -0.381. The summed E-state index contributed by atoms with van der Waals surface area (Å²) >= 11 is 0. The number of halogens is 1. The first-order valence-corrected chi connectivity index (χ1v) is 7.83. The van der Waals surface area contributed by atoms with E-state index in [1.807, 2.05) is 0 Å². The first-order valence-electron chi connectivity index (χ1n) is 7.83. The van der Waals surface area contributed by atoms with Crippen molar-refractivity contribution in [3.8, 4) is 11.1 Å². The Morgan fingerprint density at radius 2 is 1.88 bits per heavy atom. The maximum atomic E-state index is 13.1. The first-order chi connectivity index (χ1) is 11.5. The van der Waals surface area contributed by atoms with Gasteiger partial charge in [0.05, 0.1) is 5.56 Å². The van der Waals surface area contributed by atoms with Crippen LogP contribution in [0, 0.1) is 5.82 Å². The van der Waals surface area contributed by atoms with Crippen molar-refractivity contribution in [3.63, 3.8) is 0 Å². The summed E-state index contributed by atoms with van der Waals surface area (Å²) in [6, 6.07) is 5.63. The maximum absolute atomic E-state index is 13.1. The van der Waals surface area contributed by atoms with E-state index in [0.717, 1.165) is 0 Å². The fourth-order valence-corrected chi connectivity index (χ4v) is 2.96. The Kier molecular flexibility index (Phi) is 4.59. The van der Waals surface area contributed by atoms with E-state index in [-0.39, 0.29) is 16.8 Å². The lowest BCUT2D eigenvalue weighted by Crippen LogP contribution is -2.48. The molecule has 0 unspecified atom stereocenters. The molecule has 0 atom stereocenters. The molecule has 0 saturated carbocycles. The summed E-state index contributed by atoms with van der Waals surface area (Å²) < 4.78 is 20.2. The van der Waals surface area contributed by atoms with E-state index in [2.05, 4.69) is 0 Å². The number of ether oxygens (including phenoxy) is 1. The molecular weight excluding hydrogens is 311 g/mol. The molecule has 24 heavy (non-hydrogen) atoms. The number of rotatable bonds is 4. The van der Waals surface area contributed by atoms with Gasteiger partial charge in [-0.15, -0.1) is 0 Å². The lowest BCUT2D eigenvalue weighted by Gasteiger charge is -2.34. The third kappa shape index (κ3) is 3.44. The van der Waals surface area contributed by atoms with Gasteiger partial charge in [0.25, 0.3) is 0 Å². The number of carbonyl (C=O) groups excluding carboxylic acids is 1. The highest BCUT2D eigenvalue weighted by Crippen LogP contribution is 2.22. The van der Waals surface area contributed by atoms with Crippen LogP contribution in [-0.2, 0) is 11.3 Å². The van der Waals surface area contributed by atoms with Crippen molar-refractivity contribution in [1.82, 2.24) is 4.57 Å². The average Bonchev–Trinajstić information content (AvgIpc) is 2.57. The van der Waals surface area contributed by atoms with E-state index in [1.165, 1.54) is 30.5 Å². The molecule has 2 heterocycles. The summed E-state index contributed by atoms with van der Waals surface area (Å²) in [4.78, 5) is 23.7. The zero-order valence-electron chi connectivity index (χ0n) is 13.2. The predicted octanol–water partition coefficient (Wildman–Crippen LogP) is 1.97. The van der Waals surface area contributed by atoms with E-state index in [9.17, 15) is 14.0 Å². The lowest BCUT2D eigenvalue weighted by atomic mass is 9.91. The van der Waals surface area contributed by atoms with E-state index in [0.29, 0.717) is 50.0 Å². The lowest BCUT2D eigenvalue weighted by molar-refractivity contribution is 0.0470. The second-order valence-electron chi connectivity index (χ2n) is 6.23. The van der Waals surface area contributed by atoms with Gasteiger partial charge in [0, 0.05) is 43.3 Å². The van der Waals surface area contributed by atoms with E-state index in [1.54, 1.807) is 10.8 Å². The largest absolute Gasteiger partial charge is 0.381 e. The maximum Gasteiger partial charge on any atom is 0.199 e. The fourth-order valence-electron chi connectivity index (χ4n) is 2.96. The minimum atomic E-state index is -0.437. The summed E-state index contributed by atoms with van der Waals surface area (Å²) in [5, 5.41) is 0. The zero-order chi connectivity index (χ0) is 17.2. The molecule has 1 aliphatic heterocycles. The molecule has 0 amide bonds. The number of pyridine rings is 1. The van der Waals surface area contributed by atoms with Gasteiger partial charge < -0.3 is 15.0 Å². The van der Waals surface area contributed by atoms with Crippen LogP contribution in [-0.4, -0.2) is 29.6 Å². The average molecular weight is 330 g/mol. The normalized spacial score (nSPS) is 16.8. The molecule has 1 saturated heterocycles. The Morgan fingerprint density at radius 1 is 1.21 bits per heavy atom. The van der Waals surface area contributed by atoms with Crippen LogP contribution in [0.5, 0.6) is 0 Å². The summed E-state index contributed by atoms with van der Waals surface area (Å²) in [6.45, 7) is 1.68. The number of benzene rings is 1. The summed E-state index contributed by atoms with van der Waals surface area (Å²) in [5.41, 5.74) is 6.59. The van der Waals surface area contributed by atoms with Crippen LogP contribution in [0.25, 0.3) is 11.1 Å². The SMILES string of the molecule is NC1(Cn2cc(C=O)c(=O)c(-c3ccc(F)cc3)c2)CCOCC1. The van der Waals surface area contributed by atoms with Crippen LogP contribution < -0.4 is 11.2 Å². The fraction of sp³-hybridized carbons (Fsp3) is 0.333. The second kappa shape index (κ2) is 6.67. The van der Waals surface area contributed by atoms with E-state index < -0.39 is 5.54 Å². The number of nitrogens with two attached hydrogens (primary N) is 1. The van der Waals surface area contributed by atoms with Gasteiger partial charge in [0.1, 0.15) is 5.82 Å². The zero-order valence-corrected chi connectivity index (χ0v) is 13.2. The number of hydrogen-bond donors (Lipinski definition) is 1. The quantitative estimate of drug-likeness (QED) is 0.870. The van der Waals surface area contributed by atoms with Gasteiger partial charge in [0.2, 0.25) is 0 Å². The molecule has 126 valence electrons. The molecule has 0 aliphatic carbocycles. The third-order valence-electron chi connectivity index (χ3n) is 4.37. The standard InChI is InChI=1S/C18H19FN2O3/c19-15-3-1-13(2-4-15)16-10-21(9-14(11-22)17(16)23)12-18(20)5-7-24-8-6-18/h1-4,9-11H,5-8,12,20H2. The third-order valence-corrected chi connectivity index (χ3v) is 4.37. The molecule has 2 aromatic rings. The van der Waals surface area contributed by atoms with Crippen molar-refractivity contribution >= 4 is 6.29 Å². The molecule has 1 aromatic heterocycles. The van der Waals surface area contributed by atoms with Gasteiger partial charge in [-0.1, -0.05) is 12.1 Å². The van der Waals surface area contributed by atoms with Crippen LogP contribution in [0.2, 0.25) is 0 Å². The van der Waals surface area contributed by atoms with Crippen molar-refractivity contribution in [2.24, 2.45) is 5.73 Å². The van der Waals surface area contributed by atoms with Gasteiger partial charge in [-0.25, -0.2) is 4.39 Å². The minimum absolute atomic E-state index is 0.0625. The first kappa shape index (κ1) is 16.5. The summed E-state index contributed by atoms with van der Waals surface area (Å²) in [7, 11) is 0. The van der Waals surface area contributed by atoms with Gasteiger partial charge in [-0.3, -0.25) is 9.59 Å². The smallest absolute Gasteiger partial charge is 0.199 e. The van der Waals surface area contributed by atoms with E-state index in [4.69, 9.17) is 10.5 Å². The highest BCUT2D eigenvalue weighted by molar-refractivity contribution is 5.77. The molecule has 6 heteroatoms. The second-order valence-corrected chi connectivity index (χ2v) is 6.23. The summed E-state index contributed by atoms with van der Waals surface area (Å²) in [6.07, 6.45) is 5.15. The van der Waals surface area contributed by atoms with Gasteiger partial charge in [0.15, 0.2) is 11.7 Å². The molecule has 0 radical (unpaired) electrons. The highest BCUT2D eigenvalue weighted by Gasteiger charge is 2.28. The molecule has 0 spiro atoms. The minimum Gasteiger partial charge on any atom is -0.381 e. The van der Waals surface area contributed by atoms with Gasteiger partial charge >= 0.3 is 0 Å². The Labute approximate surface area is 138 Å². The van der Waals surface area contributed by atoms with Crippen molar-refractivity contribution in [2.45, 2.75) is 24.9 Å². The van der Waals surface area contributed by atoms with Crippen molar-refractivity contribution in [1.29, 1.82) is 0 Å². The van der Waals surface area contributed by atoms with Gasteiger partial charge in [-0.05, 0) is 30.5 Å². The topological polar surface area (TPSA) is 74.3 Å². The van der Waals surface area contributed by atoms with Crippen LogP contribution in [0.3, 0.4) is 0 Å². The van der Waals surface area contributed by atoms with Crippen molar-refractivity contribution < 1.29 is 13.9 Å². The highest BCUT2D eigenvalue weighted by atomic mass is 19.1. The molecule has 2 N–H and O–H groups in total. The van der Waals surface area contributed by atoms with Crippen LogP contribution in [0.15, 0.2) is 41.5 Å². The number of carbonyl (C=O) groups is 1. The Hall–Kier alpha value is -2.31. The predicted molar refractivity (Wildman–Crippen MR) is 88.5 cm³/mol. The monoisotopic (exact) mass is 330 g/mol. The Balaban J connectivity index is 2.01. The number of hydrogen-bond acceptors (Lipinski definition) is 4. The van der Waals surface area contributed by atoms with Crippen LogP contribution >= 0.6 is 0 Å². The molecule has 0 bridgehead atoms. The Bertz CT molecular complexity index is 793. The van der Waals surface area contributed by atoms with Crippen molar-refractivity contribution in [2.75, 3.05) is 13.2 Å². The molecule has 5 nitrogen and oxygen atoms in total.